The molecule has 0 rings (SSSR count). The normalized spacial score (nSPS) is 14.0. The Bertz CT molecular complexity index is 999. The maximum absolute atomic E-state index is 12.5. The predicted octanol–water partition coefficient (Wildman–Crippen LogP) is 11.7. The Morgan fingerprint density at radius 3 is 1.49 bits per heavy atom. The zero-order valence-corrected chi connectivity index (χ0v) is 32.4. The van der Waals surface area contributed by atoms with Crippen molar-refractivity contribution in [1.82, 2.24) is 5.32 Å². The fourth-order valence-electron chi connectivity index (χ4n) is 5.64. The summed E-state index contributed by atoms with van der Waals surface area (Å²) in [5.41, 5.74) is 0. The summed E-state index contributed by atoms with van der Waals surface area (Å²) in [6.45, 7) is 4.45. The molecule has 7 heteroatoms. The number of carbonyl (C=O) groups is 1. The molecule has 0 heterocycles. The standard InChI is InChI=1S/C42H75NO5S/c1-3-5-7-9-11-13-15-17-18-19-20-21-22-23-24-26-27-29-31-33-35-37-41(44)40(39-49(46,47)48)43-42(45)38-36-34-32-30-28-25-16-14-12-10-8-6-4-2/h8,10,14,16,22-23,27,29,35,37,40-41,44H,3-7,9,11-13,15,17-21,24-26,28,30-34,36,38-39H2,1-2H3,(H,43,45)(H,46,47,48)/b10-8-,16-14-,23-22+,29-27+,37-35+. The fourth-order valence-corrected chi connectivity index (χ4v) is 6.37. The van der Waals surface area contributed by atoms with E-state index in [-0.39, 0.29) is 12.3 Å². The van der Waals surface area contributed by atoms with E-state index in [2.05, 4.69) is 67.8 Å². The minimum Gasteiger partial charge on any atom is -0.387 e. The van der Waals surface area contributed by atoms with Crippen molar-refractivity contribution in [1.29, 1.82) is 0 Å². The molecule has 2 atom stereocenters. The van der Waals surface area contributed by atoms with E-state index >= 15 is 0 Å². The van der Waals surface area contributed by atoms with Gasteiger partial charge in [0.25, 0.3) is 10.1 Å². The summed E-state index contributed by atoms with van der Waals surface area (Å²) in [7, 11) is -4.36. The Morgan fingerprint density at radius 1 is 0.551 bits per heavy atom. The number of unbranched alkanes of at least 4 members (excludes halogenated alkanes) is 19. The second-order valence-electron chi connectivity index (χ2n) is 13.5. The van der Waals surface area contributed by atoms with Crippen LogP contribution in [0.1, 0.15) is 181 Å². The van der Waals surface area contributed by atoms with Gasteiger partial charge >= 0.3 is 0 Å². The molecule has 49 heavy (non-hydrogen) atoms. The molecule has 2 unspecified atom stereocenters. The first-order chi connectivity index (χ1) is 23.8. The highest BCUT2D eigenvalue weighted by Crippen LogP contribution is 2.13. The number of aliphatic hydroxyl groups is 1. The first-order valence-corrected chi connectivity index (χ1v) is 21.6. The molecule has 0 spiro atoms. The minimum atomic E-state index is -4.36. The van der Waals surface area contributed by atoms with E-state index in [0.29, 0.717) is 12.8 Å². The highest BCUT2D eigenvalue weighted by Gasteiger charge is 2.24. The lowest BCUT2D eigenvalue weighted by Gasteiger charge is -2.21. The van der Waals surface area contributed by atoms with Crippen molar-refractivity contribution in [3.63, 3.8) is 0 Å². The molecule has 0 bridgehead atoms. The zero-order valence-electron chi connectivity index (χ0n) is 31.5. The lowest BCUT2D eigenvalue weighted by molar-refractivity contribution is -0.122. The number of carbonyl (C=O) groups excluding carboxylic acids is 1. The number of hydrogen-bond acceptors (Lipinski definition) is 4. The molecule has 0 aliphatic carbocycles. The van der Waals surface area contributed by atoms with E-state index in [9.17, 15) is 22.9 Å². The van der Waals surface area contributed by atoms with Crippen LogP contribution in [0.15, 0.2) is 60.8 Å². The molecule has 0 aliphatic rings. The van der Waals surface area contributed by atoms with Gasteiger partial charge in [-0.1, -0.05) is 164 Å². The molecular formula is C42H75NO5S. The Hall–Kier alpha value is -1.96. The topological polar surface area (TPSA) is 104 Å². The van der Waals surface area contributed by atoms with Crippen molar-refractivity contribution < 1.29 is 22.9 Å². The minimum absolute atomic E-state index is 0.266. The van der Waals surface area contributed by atoms with Crippen molar-refractivity contribution in [2.45, 2.75) is 193 Å². The molecular weight excluding hydrogens is 631 g/mol. The number of hydrogen-bond donors (Lipinski definition) is 3. The van der Waals surface area contributed by atoms with E-state index in [4.69, 9.17) is 0 Å². The first kappa shape index (κ1) is 47.0. The number of nitrogens with one attached hydrogen (secondary N) is 1. The highest BCUT2D eigenvalue weighted by molar-refractivity contribution is 7.85. The molecule has 0 radical (unpaired) electrons. The van der Waals surface area contributed by atoms with Gasteiger partial charge < -0.3 is 10.4 Å². The van der Waals surface area contributed by atoms with Gasteiger partial charge in [0, 0.05) is 6.42 Å². The van der Waals surface area contributed by atoms with Gasteiger partial charge in [0.1, 0.15) is 0 Å². The number of allylic oxidation sites excluding steroid dienone is 9. The molecule has 1 amide bonds. The third-order valence-electron chi connectivity index (χ3n) is 8.63. The van der Waals surface area contributed by atoms with Gasteiger partial charge in [-0.2, -0.15) is 8.42 Å². The summed E-state index contributed by atoms with van der Waals surface area (Å²) in [6.07, 6.45) is 49.2. The Kier molecular flexibility index (Phi) is 34.4. The van der Waals surface area contributed by atoms with Crippen LogP contribution in [-0.2, 0) is 14.9 Å². The van der Waals surface area contributed by atoms with Gasteiger partial charge in [-0.3, -0.25) is 9.35 Å². The molecule has 0 fully saturated rings. The Morgan fingerprint density at radius 2 is 0.980 bits per heavy atom. The smallest absolute Gasteiger partial charge is 0.267 e. The van der Waals surface area contributed by atoms with E-state index in [1.807, 2.05) is 0 Å². The Balaban J connectivity index is 4.03. The van der Waals surface area contributed by atoms with Crippen molar-refractivity contribution in [3.05, 3.63) is 60.8 Å². The van der Waals surface area contributed by atoms with Crippen LogP contribution < -0.4 is 5.32 Å². The molecule has 6 nitrogen and oxygen atoms in total. The van der Waals surface area contributed by atoms with Gasteiger partial charge in [0.05, 0.1) is 17.9 Å². The summed E-state index contributed by atoms with van der Waals surface area (Å²) >= 11 is 0. The van der Waals surface area contributed by atoms with Gasteiger partial charge in [0.15, 0.2) is 0 Å². The quantitative estimate of drug-likeness (QED) is 0.0346. The molecule has 284 valence electrons. The Labute approximate surface area is 302 Å². The molecule has 0 aliphatic heterocycles. The monoisotopic (exact) mass is 706 g/mol. The van der Waals surface area contributed by atoms with Crippen LogP contribution >= 0.6 is 0 Å². The van der Waals surface area contributed by atoms with Gasteiger partial charge in [-0.25, -0.2) is 0 Å². The van der Waals surface area contributed by atoms with Crippen LogP contribution in [0.4, 0.5) is 0 Å². The van der Waals surface area contributed by atoms with E-state index in [0.717, 1.165) is 64.2 Å². The first-order valence-electron chi connectivity index (χ1n) is 20.0. The predicted molar refractivity (Wildman–Crippen MR) is 211 cm³/mol. The van der Waals surface area contributed by atoms with Crippen LogP contribution in [0.2, 0.25) is 0 Å². The van der Waals surface area contributed by atoms with Crippen LogP contribution in [0.3, 0.4) is 0 Å². The number of aliphatic hydroxyl groups excluding tert-OH is 1. The molecule has 3 N–H and O–H groups in total. The maximum atomic E-state index is 12.5. The third kappa shape index (κ3) is 37.1. The van der Waals surface area contributed by atoms with Crippen molar-refractivity contribution in [2.24, 2.45) is 0 Å². The summed E-state index contributed by atoms with van der Waals surface area (Å²) in [4.78, 5) is 12.5. The summed E-state index contributed by atoms with van der Waals surface area (Å²) in [5, 5.41) is 13.2. The second-order valence-corrected chi connectivity index (χ2v) is 15.0. The van der Waals surface area contributed by atoms with Crippen molar-refractivity contribution >= 4 is 16.0 Å². The maximum Gasteiger partial charge on any atom is 0.267 e. The molecule has 0 aromatic heterocycles. The van der Waals surface area contributed by atoms with Crippen LogP contribution in [0.25, 0.3) is 0 Å². The molecule has 0 saturated carbocycles. The number of rotatable bonds is 35. The fraction of sp³-hybridized carbons (Fsp3) is 0.738. The lowest BCUT2D eigenvalue weighted by Crippen LogP contribution is -2.46. The summed E-state index contributed by atoms with van der Waals surface area (Å²) in [5.74, 6) is -1.03. The molecule has 0 saturated heterocycles. The van der Waals surface area contributed by atoms with Gasteiger partial charge in [0.2, 0.25) is 5.91 Å². The summed E-state index contributed by atoms with van der Waals surface area (Å²) < 4.78 is 32.4. The molecule has 0 aromatic carbocycles. The van der Waals surface area contributed by atoms with Crippen LogP contribution in [-0.4, -0.2) is 41.9 Å². The van der Waals surface area contributed by atoms with Gasteiger partial charge in [-0.15, -0.1) is 0 Å². The third-order valence-corrected chi connectivity index (χ3v) is 9.41. The SMILES string of the molecule is CCC/C=C\C/C=C\CCCCCCCC(=O)NC(CS(=O)(=O)O)C(O)/C=C/CC/C=C/CC/C=C/CCCCCCCCCCCCC. The molecule has 0 aromatic rings. The van der Waals surface area contributed by atoms with Crippen molar-refractivity contribution in [2.75, 3.05) is 5.75 Å². The summed E-state index contributed by atoms with van der Waals surface area (Å²) in [6, 6.07) is -1.09. The van der Waals surface area contributed by atoms with E-state index in [1.54, 1.807) is 6.08 Å². The number of amides is 1. The van der Waals surface area contributed by atoms with Crippen molar-refractivity contribution in [3.8, 4) is 0 Å². The highest BCUT2D eigenvalue weighted by atomic mass is 32.2. The van der Waals surface area contributed by atoms with Gasteiger partial charge in [-0.05, 0) is 70.6 Å². The second kappa shape index (κ2) is 35.9. The zero-order chi connectivity index (χ0) is 36.1. The van der Waals surface area contributed by atoms with E-state index in [1.165, 1.54) is 89.5 Å². The largest absolute Gasteiger partial charge is 0.387 e. The average molecular weight is 706 g/mol. The van der Waals surface area contributed by atoms with E-state index < -0.39 is 28.0 Å². The lowest BCUT2D eigenvalue weighted by atomic mass is 10.1. The van der Waals surface area contributed by atoms with Crippen LogP contribution in [0, 0.1) is 0 Å². The van der Waals surface area contributed by atoms with Crippen LogP contribution in [0.5, 0.6) is 0 Å². The average Bonchev–Trinajstić information content (AvgIpc) is 3.06.